The molecular formula is C21H27NO3. The Bertz CT molecular complexity index is 745. The summed E-state index contributed by atoms with van der Waals surface area (Å²) in [6, 6.07) is 4.07. The molecule has 1 saturated heterocycles. The van der Waals surface area contributed by atoms with Crippen molar-refractivity contribution in [3.63, 3.8) is 0 Å². The standard InChI is InChI=1S/C21H27NO3/c23-15-7-6-14-11-16-21(24)8-2-5-17-20(21,18(14)19(15)25-17)9-10-22(16)12-13-3-1-4-13/h6-7,13,16-17,23-24H,1-5,8-12H2/t16-,17?,20-,21-/m1/s1. The second-order valence-electron chi connectivity index (χ2n) is 9.10. The Morgan fingerprint density at radius 1 is 1.16 bits per heavy atom. The fraction of sp³-hybridized carbons (Fsp3) is 0.714. The second kappa shape index (κ2) is 4.72. The molecule has 4 nitrogen and oxygen atoms in total. The van der Waals surface area contributed by atoms with E-state index in [9.17, 15) is 10.2 Å². The maximum atomic E-state index is 12.1. The van der Waals surface area contributed by atoms with Gasteiger partial charge in [0.2, 0.25) is 0 Å². The Hall–Kier alpha value is -1.26. The van der Waals surface area contributed by atoms with Crippen molar-refractivity contribution in [3.05, 3.63) is 23.3 Å². The number of rotatable bonds is 2. The molecule has 3 aliphatic carbocycles. The van der Waals surface area contributed by atoms with Gasteiger partial charge in [-0.3, -0.25) is 4.90 Å². The van der Waals surface area contributed by atoms with Crippen LogP contribution in [0.15, 0.2) is 12.1 Å². The van der Waals surface area contributed by atoms with Crippen LogP contribution in [0.3, 0.4) is 0 Å². The maximum Gasteiger partial charge on any atom is 0.165 e. The molecule has 1 aromatic carbocycles. The molecule has 2 saturated carbocycles. The van der Waals surface area contributed by atoms with E-state index in [-0.39, 0.29) is 23.3 Å². The molecule has 4 atom stereocenters. The van der Waals surface area contributed by atoms with Crippen LogP contribution in [0.4, 0.5) is 0 Å². The average molecular weight is 341 g/mol. The zero-order chi connectivity index (χ0) is 16.8. The van der Waals surface area contributed by atoms with Crippen LogP contribution >= 0.6 is 0 Å². The predicted octanol–water partition coefficient (Wildman–Crippen LogP) is 2.74. The summed E-state index contributed by atoms with van der Waals surface area (Å²) in [5.41, 5.74) is 1.45. The average Bonchev–Trinajstić information content (AvgIpc) is 2.89. The summed E-state index contributed by atoms with van der Waals surface area (Å²) in [5, 5.41) is 22.5. The number of likely N-dealkylation sites (tertiary alicyclic amines) is 1. The summed E-state index contributed by atoms with van der Waals surface area (Å²) >= 11 is 0. The lowest BCUT2D eigenvalue weighted by Crippen LogP contribution is -2.75. The van der Waals surface area contributed by atoms with E-state index in [1.165, 1.54) is 24.8 Å². The molecule has 2 N–H and O–H groups in total. The van der Waals surface area contributed by atoms with Crippen molar-refractivity contribution >= 4 is 0 Å². The topological polar surface area (TPSA) is 52.9 Å². The van der Waals surface area contributed by atoms with Gasteiger partial charge in [0.15, 0.2) is 11.5 Å². The zero-order valence-corrected chi connectivity index (χ0v) is 14.7. The Kier molecular flexibility index (Phi) is 2.80. The van der Waals surface area contributed by atoms with Crippen LogP contribution in [-0.2, 0) is 11.8 Å². The third kappa shape index (κ3) is 1.62. The van der Waals surface area contributed by atoms with E-state index in [1.54, 1.807) is 6.07 Å². The molecule has 1 spiro atoms. The van der Waals surface area contributed by atoms with E-state index in [1.807, 2.05) is 0 Å². The molecule has 4 heteroatoms. The Morgan fingerprint density at radius 3 is 2.84 bits per heavy atom. The number of hydrogen-bond acceptors (Lipinski definition) is 4. The Morgan fingerprint density at radius 2 is 2.04 bits per heavy atom. The van der Waals surface area contributed by atoms with Crippen molar-refractivity contribution < 1.29 is 14.9 Å². The molecule has 2 heterocycles. The zero-order valence-electron chi connectivity index (χ0n) is 14.7. The van der Waals surface area contributed by atoms with E-state index in [0.29, 0.717) is 5.75 Å². The number of ether oxygens (including phenoxy) is 1. The molecule has 6 rings (SSSR count). The van der Waals surface area contributed by atoms with Crippen LogP contribution in [0, 0.1) is 5.92 Å². The van der Waals surface area contributed by atoms with Crippen LogP contribution in [0.2, 0.25) is 0 Å². The minimum absolute atomic E-state index is 0.0296. The molecule has 25 heavy (non-hydrogen) atoms. The van der Waals surface area contributed by atoms with Gasteiger partial charge < -0.3 is 14.9 Å². The highest BCUT2D eigenvalue weighted by Crippen LogP contribution is 2.65. The van der Waals surface area contributed by atoms with Crippen molar-refractivity contribution in [3.8, 4) is 11.5 Å². The monoisotopic (exact) mass is 341 g/mol. The largest absolute Gasteiger partial charge is 0.504 e. The number of hydrogen-bond donors (Lipinski definition) is 2. The van der Waals surface area contributed by atoms with Crippen LogP contribution in [-0.4, -0.2) is 45.9 Å². The molecule has 2 bridgehead atoms. The molecule has 3 fully saturated rings. The number of aromatic hydroxyl groups is 1. The minimum Gasteiger partial charge on any atom is -0.504 e. The highest BCUT2D eigenvalue weighted by atomic mass is 16.5. The summed E-state index contributed by atoms with van der Waals surface area (Å²) in [6.07, 6.45) is 8.84. The van der Waals surface area contributed by atoms with Crippen molar-refractivity contribution in [2.75, 3.05) is 13.1 Å². The van der Waals surface area contributed by atoms with Gasteiger partial charge in [-0.15, -0.1) is 0 Å². The lowest BCUT2D eigenvalue weighted by atomic mass is 9.49. The third-order valence-electron chi connectivity index (χ3n) is 8.19. The molecule has 134 valence electrons. The van der Waals surface area contributed by atoms with Gasteiger partial charge in [-0.2, -0.15) is 0 Å². The van der Waals surface area contributed by atoms with Crippen LogP contribution in [0.1, 0.15) is 56.1 Å². The van der Waals surface area contributed by atoms with Gasteiger partial charge in [-0.1, -0.05) is 12.5 Å². The van der Waals surface area contributed by atoms with E-state index in [0.717, 1.165) is 56.7 Å². The van der Waals surface area contributed by atoms with Crippen LogP contribution in [0.5, 0.6) is 11.5 Å². The first-order valence-electron chi connectivity index (χ1n) is 10.1. The fourth-order valence-corrected chi connectivity index (χ4v) is 6.85. The van der Waals surface area contributed by atoms with Gasteiger partial charge in [0.05, 0.1) is 11.0 Å². The third-order valence-corrected chi connectivity index (χ3v) is 8.19. The van der Waals surface area contributed by atoms with Crippen molar-refractivity contribution in [1.29, 1.82) is 0 Å². The smallest absolute Gasteiger partial charge is 0.165 e. The molecule has 0 amide bonds. The van der Waals surface area contributed by atoms with Crippen LogP contribution < -0.4 is 4.74 Å². The fourth-order valence-electron chi connectivity index (χ4n) is 6.85. The normalized spacial score (nSPS) is 41.8. The van der Waals surface area contributed by atoms with Gasteiger partial charge in [0.25, 0.3) is 0 Å². The van der Waals surface area contributed by atoms with Gasteiger partial charge in [-0.25, -0.2) is 0 Å². The van der Waals surface area contributed by atoms with Gasteiger partial charge in [-0.05, 0) is 69.0 Å². The molecule has 5 aliphatic rings. The van der Waals surface area contributed by atoms with E-state index >= 15 is 0 Å². The Balaban J connectivity index is 1.51. The van der Waals surface area contributed by atoms with E-state index in [2.05, 4.69) is 11.0 Å². The predicted molar refractivity (Wildman–Crippen MR) is 94.0 cm³/mol. The molecule has 0 aromatic heterocycles. The summed E-state index contributed by atoms with van der Waals surface area (Å²) in [4.78, 5) is 2.60. The highest BCUT2D eigenvalue weighted by Gasteiger charge is 2.71. The van der Waals surface area contributed by atoms with Gasteiger partial charge in [0.1, 0.15) is 6.10 Å². The summed E-state index contributed by atoms with van der Waals surface area (Å²) in [5.74, 6) is 1.75. The second-order valence-corrected chi connectivity index (χ2v) is 9.10. The summed E-state index contributed by atoms with van der Waals surface area (Å²) in [7, 11) is 0. The molecule has 1 aromatic rings. The SMILES string of the molecule is Oc1ccc2c3c1OC1CCC[C@@]4(O)[C@@H](C2)N(CC2CCC2)CC[C@]314. The van der Waals surface area contributed by atoms with E-state index < -0.39 is 5.60 Å². The van der Waals surface area contributed by atoms with Crippen molar-refractivity contribution in [1.82, 2.24) is 4.90 Å². The lowest BCUT2D eigenvalue weighted by molar-refractivity contribution is -0.187. The first-order chi connectivity index (χ1) is 12.1. The number of benzene rings is 1. The van der Waals surface area contributed by atoms with Crippen molar-refractivity contribution in [2.24, 2.45) is 5.92 Å². The molecule has 0 radical (unpaired) electrons. The first kappa shape index (κ1) is 14.9. The van der Waals surface area contributed by atoms with Crippen LogP contribution in [0.25, 0.3) is 0 Å². The Labute approximate surface area is 148 Å². The summed E-state index contributed by atoms with van der Waals surface area (Å²) in [6.45, 7) is 2.20. The maximum absolute atomic E-state index is 12.1. The number of phenolic OH excluding ortho intramolecular Hbond substituents is 1. The molecule has 1 unspecified atom stereocenters. The minimum atomic E-state index is -0.704. The quantitative estimate of drug-likeness (QED) is 0.868. The number of piperidine rings is 1. The number of aliphatic hydroxyl groups is 1. The number of phenols is 1. The highest BCUT2D eigenvalue weighted by molar-refractivity contribution is 5.62. The van der Waals surface area contributed by atoms with Gasteiger partial charge in [0, 0.05) is 18.2 Å². The molecular weight excluding hydrogens is 314 g/mol. The number of nitrogens with zero attached hydrogens (tertiary/aromatic N) is 1. The van der Waals surface area contributed by atoms with Crippen molar-refractivity contribution in [2.45, 2.75) is 74.5 Å². The first-order valence-corrected chi connectivity index (χ1v) is 10.1. The van der Waals surface area contributed by atoms with Gasteiger partial charge >= 0.3 is 0 Å². The van der Waals surface area contributed by atoms with E-state index in [4.69, 9.17) is 4.74 Å². The summed E-state index contributed by atoms with van der Waals surface area (Å²) < 4.78 is 6.29. The molecule has 2 aliphatic heterocycles. The lowest BCUT2D eigenvalue weighted by Gasteiger charge is -2.63.